The molecule has 2 aliphatic rings. The minimum absolute atomic E-state index is 0.323. The maximum Gasteiger partial charge on any atom is 0.411 e. The maximum absolute atomic E-state index is 12.4. The summed E-state index contributed by atoms with van der Waals surface area (Å²) >= 11 is 1.29. The molecule has 2 aromatic rings. The molecule has 2 aliphatic carbocycles. The van der Waals surface area contributed by atoms with Crippen LogP contribution in [0.15, 0.2) is 88.4 Å². The van der Waals surface area contributed by atoms with Crippen LogP contribution in [0.5, 0.6) is 0 Å². The molecule has 24 heavy (non-hydrogen) atoms. The number of azo groups is 1. The largest absolute Gasteiger partial charge is 0.709 e. The van der Waals surface area contributed by atoms with Crippen molar-refractivity contribution in [1.82, 2.24) is 0 Å². The van der Waals surface area contributed by atoms with E-state index in [0.29, 0.717) is 10.8 Å². The average Bonchev–Trinajstić information content (AvgIpc) is 3.08. The number of rotatable bonds is 3. The molecule has 0 aliphatic heterocycles. The van der Waals surface area contributed by atoms with E-state index in [1.807, 2.05) is 72.8 Å². The Morgan fingerprint density at radius 1 is 0.750 bits per heavy atom. The van der Waals surface area contributed by atoms with Crippen molar-refractivity contribution in [2.75, 3.05) is 0 Å². The third-order valence-electron chi connectivity index (χ3n) is 3.75. The van der Waals surface area contributed by atoms with E-state index in [0.717, 1.165) is 27.1 Å². The quantitative estimate of drug-likeness (QED) is 0.275. The normalized spacial score (nSPS) is 11.3. The van der Waals surface area contributed by atoms with E-state index < -0.39 is 0 Å². The Balaban J connectivity index is 1.67. The number of aromatic nitrogens is 1. The molecule has 116 valence electrons. The highest BCUT2D eigenvalue weighted by Gasteiger charge is 2.15. The SMILES string of the molecule is [O-][n+]1c(-c2ccccc2)csc1N=Nc1ccc2cccccc1-2. The Morgan fingerprint density at radius 2 is 1.46 bits per heavy atom. The van der Waals surface area contributed by atoms with Crippen molar-refractivity contribution < 1.29 is 4.73 Å². The Labute approximate surface area is 143 Å². The second-order valence-corrected chi connectivity index (χ2v) is 6.10. The van der Waals surface area contributed by atoms with Crippen LogP contribution in [-0.4, -0.2) is 0 Å². The summed E-state index contributed by atoms with van der Waals surface area (Å²) in [4.78, 5) is 0. The zero-order valence-electron chi connectivity index (χ0n) is 12.7. The van der Waals surface area contributed by atoms with Gasteiger partial charge in [0.25, 0.3) is 0 Å². The average molecular weight is 331 g/mol. The lowest BCUT2D eigenvalue weighted by molar-refractivity contribution is -0.575. The summed E-state index contributed by atoms with van der Waals surface area (Å²) in [5.41, 5.74) is 4.33. The molecule has 0 fully saturated rings. The van der Waals surface area contributed by atoms with Gasteiger partial charge in [0.05, 0.1) is 5.11 Å². The molecule has 0 radical (unpaired) electrons. The lowest BCUT2D eigenvalue weighted by Crippen LogP contribution is -2.25. The van der Waals surface area contributed by atoms with E-state index in [-0.39, 0.29) is 0 Å². The van der Waals surface area contributed by atoms with Crippen molar-refractivity contribution in [1.29, 1.82) is 0 Å². The number of fused-ring (bicyclic) bond motifs is 1. The van der Waals surface area contributed by atoms with Crippen molar-refractivity contribution in [2.45, 2.75) is 0 Å². The van der Waals surface area contributed by atoms with E-state index in [1.54, 1.807) is 5.38 Å². The van der Waals surface area contributed by atoms with Gasteiger partial charge in [-0.05, 0) is 28.1 Å². The van der Waals surface area contributed by atoms with E-state index in [9.17, 15) is 5.21 Å². The van der Waals surface area contributed by atoms with E-state index >= 15 is 0 Å². The van der Waals surface area contributed by atoms with Crippen molar-refractivity contribution in [2.24, 2.45) is 10.2 Å². The van der Waals surface area contributed by atoms with Crippen molar-refractivity contribution in [3.63, 3.8) is 0 Å². The number of hydrogen-bond acceptors (Lipinski definition) is 4. The molecule has 0 saturated heterocycles. The molecule has 0 saturated carbocycles. The first-order valence-electron chi connectivity index (χ1n) is 7.49. The molecule has 0 spiro atoms. The molecule has 0 N–H and O–H groups in total. The topological polar surface area (TPSA) is 51.7 Å². The summed E-state index contributed by atoms with van der Waals surface area (Å²) in [5.74, 6) is 0. The van der Waals surface area contributed by atoms with Crippen molar-refractivity contribution in [3.05, 3.63) is 83.4 Å². The van der Waals surface area contributed by atoms with Gasteiger partial charge in [-0.1, -0.05) is 66.7 Å². The first-order chi connectivity index (χ1) is 11.8. The molecular formula is C19H13N3OS. The van der Waals surface area contributed by atoms with Crippen LogP contribution in [0.4, 0.5) is 10.8 Å². The first-order valence-corrected chi connectivity index (χ1v) is 8.37. The highest BCUT2D eigenvalue weighted by atomic mass is 32.1. The summed E-state index contributed by atoms with van der Waals surface area (Å²) in [5, 5.41) is 23.0. The lowest BCUT2D eigenvalue weighted by atomic mass is 10.2. The van der Waals surface area contributed by atoms with Crippen LogP contribution < -0.4 is 4.73 Å². The van der Waals surface area contributed by atoms with Gasteiger partial charge < -0.3 is 5.21 Å². The lowest BCUT2D eigenvalue weighted by Gasteiger charge is -2.03. The van der Waals surface area contributed by atoms with E-state index in [1.165, 1.54) is 11.3 Å². The second-order valence-electron chi connectivity index (χ2n) is 5.26. The molecular weight excluding hydrogens is 318 g/mol. The van der Waals surface area contributed by atoms with Gasteiger partial charge >= 0.3 is 5.13 Å². The van der Waals surface area contributed by atoms with Crippen LogP contribution in [0.3, 0.4) is 0 Å². The van der Waals surface area contributed by atoms with Gasteiger partial charge in [-0.3, -0.25) is 0 Å². The number of thiazole rings is 1. The Bertz CT molecular complexity index is 979. The summed E-state index contributed by atoms with van der Waals surface area (Å²) in [6.45, 7) is 0. The van der Waals surface area contributed by atoms with Crippen molar-refractivity contribution >= 4 is 22.2 Å². The minimum Gasteiger partial charge on any atom is -0.709 e. The van der Waals surface area contributed by atoms with Crippen molar-refractivity contribution in [3.8, 4) is 22.4 Å². The number of hydrogen-bond donors (Lipinski definition) is 0. The third-order valence-corrected chi connectivity index (χ3v) is 4.55. The summed E-state index contributed by atoms with van der Waals surface area (Å²) < 4.78 is 0.828. The highest BCUT2D eigenvalue weighted by Crippen LogP contribution is 2.34. The zero-order valence-corrected chi connectivity index (χ0v) is 13.5. The molecule has 0 bridgehead atoms. The van der Waals surface area contributed by atoms with Crippen LogP contribution in [0, 0.1) is 5.21 Å². The number of nitrogens with zero attached hydrogens (tertiary/aromatic N) is 3. The fraction of sp³-hybridized carbons (Fsp3) is 0. The summed E-state index contributed by atoms with van der Waals surface area (Å²) in [6, 6.07) is 23.4. The molecule has 1 heterocycles. The van der Waals surface area contributed by atoms with Crippen LogP contribution in [-0.2, 0) is 0 Å². The zero-order chi connectivity index (χ0) is 16.4. The number of benzene rings is 1. The highest BCUT2D eigenvalue weighted by molar-refractivity contribution is 7.13. The van der Waals surface area contributed by atoms with Gasteiger partial charge in [0.1, 0.15) is 11.4 Å². The van der Waals surface area contributed by atoms with Crippen LogP contribution in [0.1, 0.15) is 0 Å². The predicted octanol–water partition coefficient (Wildman–Crippen LogP) is 5.57. The molecule has 0 amide bonds. The van der Waals surface area contributed by atoms with Gasteiger partial charge in [0, 0.05) is 16.5 Å². The van der Waals surface area contributed by atoms with Gasteiger partial charge in [-0.2, -0.15) is 0 Å². The van der Waals surface area contributed by atoms with Crippen LogP contribution >= 0.6 is 11.3 Å². The van der Waals surface area contributed by atoms with Crippen LogP contribution in [0.2, 0.25) is 0 Å². The molecule has 0 unspecified atom stereocenters. The first kappa shape index (κ1) is 14.5. The van der Waals surface area contributed by atoms with Gasteiger partial charge in [-0.15, -0.1) is 0 Å². The van der Waals surface area contributed by atoms with Gasteiger partial charge in [0.15, 0.2) is 0 Å². The molecule has 1 aromatic carbocycles. The third kappa shape index (κ3) is 2.66. The monoisotopic (exact) mass is 331 g/mol. The van der Waals surface area contributed by atoms with Gasteiger partial charge in [0.2, 0.25) is 0 Å². The van der Waals surface area contributed by atoms with E-state index in [2.05, 4.69) is 10.2 Å². The Hall–Kier alpha value is -3.05. The smallest absolute Gasteiger partial charge is 0.411 e. The molecule has 1 aromatic heterocycles. The summed E-state index contributed by atoms with van der Waals surface area (Å²) in [7, 11) is 0. The van der Waals surface area contributed by atoms with Gasteiger partial charge in [-0.25, -0.2) is 4.73 Å². The maximum atomic E-state index is 12.4. The fourth-order valence-electron chi connectivity index (χ4n) is 2.55. The molecule has 0 atom stereocenters. The summed E-state index contributed by atoms with van der Waals surface area (Å²) in [6.07, 6.45) is 0. The molecule has 4 rings (SSSR count). The molecule has 4 nitrogen and oxygen atoms in total. The minimum atomic E-state index is 0.323. The standard InChI is InChI=1S/C19H13N3OS/c23-22-18(15-8-4-1-5-9-15)13-24-19(22)21-20-17-12-11-14-7-3-2-6-10-16(14)17/h1-13H. The van der Waals surface area contributed by atoms with E-state index in [4.69, 9.17) is 0 Å². The Kier molecular flexibility index (Phi) is 3.76. The second kappa shape index (κ2) is 6.22. The fourth-order valence-corrected chi connectivity index (χ4v) is 3.28. The van der Waals surface area contributed by atoms with Crippen LogP contribution in [0.25, 0.3) is 22.4 Å². The Morgan fingerprint density at radius 3 is 2.25 bits per heavy atom. The predicted molar refractivity (Wildman–Crippen MR) is 96.0 cm³/mol. The molecule has 5 heteroatoms.